The van der Waals surface area contributed by atoms with Crippen molar-refractivity contribution in [2.45, 2.75) is 19.1 Å². The normalized spacial score (nSPS) is 11.7. The number of aromatic nitrogens is 3. The molecule has 3 N–H and O–H groups in total. The lowest BCUT2D eigenvalue weighted by atomic mass is 10.1. The standard InChI is InChI=1S/C21H21F3N6O4S/c1-30(35(2,33)34)19-14(4-3-9-25-19)11-26-18-16(21(22,23)24)12-27-20(29-18)28-15-7-5-13(6-8-15)10-17(31)32/h3-9,12H,10-11H2,1-2H3,(H,31,32)(H2,26,27,28,29). The van der Waals surface area contributed by atoms with Crippen molar-refractivity contribution in [2.75, 3.05) is 28.2 Å². The minimum Gasteiger partial charge on any atom is -0.481 e. The van der Waals surface area contributed by atoms with Crippen molar-refractivity contribution in [2.24, 2.45) is 0 Å². The molecule has 0 aliphatic rings. The Bertz CT molecular complexity index is 1320. The van der Waals surface area contributed by atoms with Gasteiger partial charge in [0.05, 0.1) is 12.7 Å². The van der Waals surface area contributed by atoms with Gasteiger partial charge in [0, 0.05) is 37.2 Å². The van der Waals surface area contributed by atoms with Crippen molar-refractivity contribution in [3.8, 4) is 0 Å². The Morgan fingerprint density at radius 1 is 1.14 bits per heavy atom. The van der Waals surface area contributed by atoms with Crippen molar-refractivity contribution in [1.29, 1.82) is 0 Å². The van der Waals surface area contributed by atoms with E-state index in [1.54, 1.807) is 24.3 Å². The van der Waals surface area contributed by atoms with Gasteiger partial charge in [-0.2, -0.15) is 18.2 Å². The Hall–Kier alpha value is -3.94. The van der Waals surface area contributed by atoms with E-state index in [9.17, 15) is 26.4 Å². The van der Waals surface area contributed by atoms with Crippen LogP contribution < -0.4 is 14.9 Å². The van der Waals surface area contributed by atoms with Gasteiger partial charge in [-0.05, 0) is 23.8 Å². The van der Waals surface area contributed by atoms with Gasteiger partial charge in [0.2, 0.25) is 16.0 Å². The first-order valence-electron chi connectivity index (χ1n) is 9.98. The van der Waals surface area contributed by atoms with Crippen LogP contribution in [-0.2, 0) is 34.0 Å². The number of pyridine rings is 1. The van der Waals surface area contributed by atoms with Gasteiger partial charge in [0.15, 0.2) is 0 Å². The van der Waals surface area contributed by atoms with E-state index in [-0.39, 0.29) is 24.7 Å². The molecule has 3 aromatic rings. The molecule has 186 valence electrons. The summed E-state index contributed by atoms with van der Waals surface area (Å²) in [6, 6.07) is 9.28. The summed E-state index contributed by atoms with van der Waals surface area (Å²) in [5.41, 5.74) is 0.205. The number of carboxylic acids is 1. The summed E-state index contributed by atoms with van der Waals surface area (Å²) in [7, 11) is -2.36. The van der Waals surface area contributed by atoms with Crippen LogP contribution in [0.4, 0.5) is 36.4 Å². The van der Waals surface area contributed by atoms with Crippen LogP contribution >= 0.6 is 0 Å². The summed E-state index contributed by atoms with van der Waals surface area (Å²) in [5, 5.41) is 14.2. The highest BCUT2D eigenvalue weighted by atomic mass is 32.2. The number of aliphatic carboxylic acids is 1. The first kappa shape index (κ1) is 25.7. The molecule has 35 heavy (non-hydrogen) atoms. The minimum atomic E-state index is -4.75. The van der Waals surface area contributed by atoms with Crippen LogP contribution in [0.2, 0.25) is 0 Å². The van der Waals surface area contributed by atoms with Crippen LogP contribution in [0.5, 0.6) is 0 Å². The molecule has 0 fully saturated rings. The second-order valence-corrected chi connectivity index (χ2v) is 9.43. The average Bonchev–Trinajstić information content (AvgIpc) is 2.77. The number of alkyl halides is 3. The van der Waals surface area contributed by atoms with Gasteiger partial charge in [-0.25, -0.2) is 18.4 Å². The number of benzene rings is 1. The molecule has 14 heteroatoms. The Morgan fingerprint density at radius 3 is 2.43 bits per heavy atom. The molecule has 2 aromatic heterocycles. The molecule has 0 aliphatic carbocycles. The highest BCUT2D eigenvalue weighted by Gasteiger charge is 2.35. The van der Waals surface area contributed by atoms with Crippen LogP contribution in [0.1, 0.15) is 16.7 Å². The third-order valence-corrected chi connectivity index (χ3v) is 5.94. The highest BCUT2D eigenvalue weighted by molar-refractivity contribution is 7.92. The number of carboxylic acid groups (broad SMARTS) is 1. The Balaban J connectivity index is 1.87. The fraction of sp³-hybridized carbons (Fsp3) is 0.238. The number of hydrogen-bond donors (Lipinski definition) is 3. The molecule has 3 rings (SSSR count). The van der Waals surface area contributed by atoms with Crippen molar-refractivity contribution in [3.63, 3.8) is 0 Å². The molecule has 0 aliphatic heterocycles. The second-order valence-electron chi connectivity index (χ2n) is 7.42. The lowest BCUT2D eigenvalue weighted by Gasteiger charge is -2.20. The van der Waals surface area contributed by atoms with Gasteiger partial charge >= 0.3 is 12.1 Å². The summed E-state index contributed by atoms with van der Waals surface area (Å²) in [6.07, 6.45) is -1.94. The topological polar surface area (TPSA) is 137 Å². The molecule has 0 unspecified atom stereocenters. The maximum Gasteiger partial charge on any atom is 0.421 e. The molecular weight excluding hydrogens is 489 g/mol. The predicted molar refractivity (Wildman–Crippen MR) is 123 cm³/mol. The zero-order valence-electron chi connectivity index (χ0n) is 18.5. The summed E-state index contributed by atoms with van der Waals surface area (Å²) in [5.74, 6) is -1.59. The largest absolute Gasteiger partial charge is 0.481 e. The summed E-state index contributed by atoms with van der Waals surface area (Å²) >= 11 is 0. The molecular formula is C21H21F3N6O4S. The zero-order valence-corrected chi connectivity index (χ0v) is 19.4. The summed E-state index contributed by atoms with van der Waals surface area (Å²) < 4.78 is 65.4. The SMILES string of the molecule is CN(c1ncccc1CNc1nc(Nc2ccc(CC(=O)O)cc2)ncc1C(F)(F)F)S(C)(=O)=O. The van der Waals surface area contributed by atoms with E-state index < -0.39 is 33.6 Å². The second kappa shape index (κ2) is 10.1. The first-order valence-corrected chi connectivity index (χ1v) is 11.8. The van der Waals surface area contributed by atoms with E-state index in [4.69, 9.17) is 5.11 Å². The Morgan fingerprint density at radius 2 is 1.83 bits per heavy atom. The van der Waals surface area contributed by atoms with Crippen LogP contribution in [0.3, 0.4) is 0 Å². The Labute approximate surface area is 198 Å². The maximum absolute atomic E-state index is 13.6. The lowest BCUT2D eigenvalue weighted by molar-refractivity contribution is -0.137. The van der Waals surface area contributed by atoms with E-state index in [0.29, 0.717) is 23.0 Å². The number of rotatable bonds is 9. The molecule has 0 bridgehead atoms. The van der Waals surface area contributed by atoms with Gasteiger partial charge in [-0.3, -0.25) is 9.10 Å². The molecule has 0 radical (unpaired) electrons. The fourth-order valence-corrected chi connectivity index (χ4v) is 3.46. The van der Waals surface area contributed by atoms with Gasteiger partial charge in [0.1, 0.15) is 17.2 Å². The molecule has 0 saturated carbocycles. The van der Waals surface area contributed by atoms with Crippen molar-refractivity contribution >= 4 is 39.3 Å². The van der Waals surface area contributed by atoms with E-state index in [1.807, 2.05) is 0 Å². The Kier molecular flexibility index (Phi) is 7.43. The van der Waals surface area contributed by atoms with Gasteiger partial charge in [-0.1, -0.05) is 18.2 Å². The number of hydrogen-bond acceptors (Lipinski definition) is 8. The van der Waals surface area contributed by atoms with Crippen molar-refractivity contribution in [1.82, 2.24) is 15.0 Å². The van der Waals surface area contributed by atoms with E-state index in [0.717, 1.165) is 10.6 Å². The van der Waals surface area contributed by atoms with Crippen LogP contribution in [0, 0.1) is 0 Å². The third-order valence-electron chi connectivity index (χ3n) is 4.77. The third kappa shape index (κ3) is 6.79. The first-order chi connectivity index (χ1) is 16.3. The highest BCUT2D eigenvalue weighted by Crippen LogP contribution is 2.34. The number of carbonyl (C=O) groups is 1. The molecule has 0 spiro atoms. The number of sulfonamides is 1. The molecule has 2 heterocycles. The minimum absolute atomic E-state index is 0.0601. The number of halogens is 3. The monoisotopic (exact) mass is 510 g/mol. The molecule has 10 nitrogen and oxygen atoms in total. The van der Waals surface area contributed by atoms with Crippen LogP contribution in [-0.4, -0.2) is 47.7 Å². The molecule has 0 atom stereocenters. The zero-order chi connectivity index (χ0) is 25.8. The number of nitrogens with zero attached hydrogens (tertiary/aromatic N) is 4. The number of anilines is 4. The van der Waals surface area contributed by atoms with E-state index in [2.05, 4.69) is 25.6 Å². The molecule has 1 aromatic carbocycles. The molecule has 0 saturated heterocycles. The maximum atomic E-state index is 13.6. The van der Waals surface area contributed by atoms with Gasteiger partial charge in [-0.15, -0.1) is 0 Å². The predicted octanol–water partition coefficient (Wildman–Crippen LogP) is 3.27. The summed E-state index contributed by atoms with van der Waals surface area (Å²) in [4.78, 5) is 22.5. The quantitative estimate of drug-likeness (QED) is 0.396. The summed E-state index contributed by atoms with van der Waals surface area (Å²) in [6.45, 7) is -0.202. The van der Waals surface area contributed by atoms with Crippen molar-refractivity contribution < 1.29 is 31.5 Å². The molecule has 0 amide bonds. The average molecular weight is 510 g/mol. The van der Waals surface area contributed by atoms with Gasteiger partial charge < -0.3 is 15.7 Å². The lowest BCUT2D eigenvalue weighted by Crippen LogP contribution is -2.27. The fourth-order valence-electron chi connectivity index (χ4n) is 2.98. The number of nitrogens with one attached hydrogen (secondary N) is 2. The van der Waals surface area contributed by atoms with E-state index >= 15 is 0 Å². The van der Waals surface area contributed by atoms with Crippen LogP contribution in [0.25, 0.3) is 0 Å². The van der Waals surface area contributed by atoms with Gasteiger partial charge in [0.25, 0.3) is 0 Å². The van der Waals surface area contributed by atoms with Crippen molar-refractivity contribution in [3.05, 3.63) is 65.5 Å². The smallest absolute Gasteiger partial charge is 0.421 e. The van der Waals surface area contributed by atoms with Crippen LogP contribution in [0.15, 0.2) is 48.8 Å². The van der Waals surface area contributed by atoms with E-state index in [1.165, 1.54) is 25.4 Å².